The summed E-state index contributed by atoms with van der Waals surface area (Å²) in [7, 11) is 0. The molecule has 0 fully saturated rings. The Balaban J connectivity index is 3.44. The van der Waals surface area contributed by atoms with Gasteiger partial charge in [-0.15, -0.1) is 0 Å². The van der Waals surface area contributed by atoms with E-state index in [1.54, 1.807) is 0 Å². The molecule has 0 aliphatic heterocycles. The number of nitrogens with two attached hydrogens (primary N) is 1. The van der Waals surface area contributed by atoms with Crippen LogP contribution in [0, 0.1) is 6.92 Å². The standard InChI is InChI=1S/C9H7F3NO/c1-5-3-2-4-6(9(10,11)12)7(5)8(13)14/h2-4H,1H2,(H2,13,14). The molecule has 0 bridgehead atoms. The van der Waals surface area contributed by atoms with E-state index in [0.717, 1.165) is 6.07 Å². The largest absolute Gasteiger partial charge is 0.417 e. The van der Waals surface area contributed by atoms with Gasteiger partial charge in [0, 0.05) is 0 Å². The molecule has 0 unspecified atom stereocenters. The van der Waals surface area contributed by atoms with Crippen LogP contribution in [0.25, 0.3) is 0 Å². The van der Waals surface area contributed by atoms with Gasteiger partial charge in [-0.3, -0.25) is 4.79 Å². The molecule has 75 valence electrons. The van der Waals surface area contributed by atoms with Gasteiger partial charge in [0.15, 0.2) is 0 Å². The average Bonchev–Trinajstić information content (AvgIpc) is 2.01. The molecule has 0 saturated heterocycles. The van der Waals surface area contributed by atoms with Crippen molar-refractivity contribution in [1.29, 1.82) is 0 Å². The van der Waals surface area contributed by atoms with Gasteiger partial charge in [0.2, 0.25) is 5.91 Å². The molecule has 1 amide bonds. The summed E-state index contributed by atoms with van der Waals surface area (Å²) < 4.78 is 37.1. The maximum Gasteiger partial charge on any atom is 0.417 e. The number of alkyl halides is 3. The second-order valence-corrected chi connectivity index (χ2v) is 2.70. The molecule has 0 aromatic heterocycles. The van der Waals surface area contributed by atoms with Crippen LogP contribution in [0.1, 0.15) is 21.5 Å². The van der Waals surface area contributed by atoms with E-state index in [2.05, 4.69) is 6.92 Å². The van der Waals surface area contributed by atoms with Gasteiger partial charge in [0.25, 0.3) is 0 Å². The van der Waals surface area contributed by atoms with Crippen LogP contribution in [0.15, 0.2) is 18.2 Å². The number of benzene rings is 1. The van der Waals surface area contributed by atoms with E-state index in [-0.39, 0.29) is 5.56 Å². The third-order valence-corrected chi connectivity index (χ3v) is 1.70. The van der Waals surface area contributed by atoms with E-state index in [1.165, 1.54) is 12.1 Å². The van der Waals surface area contributed by atoms with E-state index < -0.39 is 23.2 Å². The Hall–Kier alpha value is -1.52. The van der Waals surface area contributed by atoms with Gasteiger partial charge in [-0.1, -0.05) is 12.1 Å². The van der Waals surface area contributed by atoms with Crippen molar-refractivity contribution >= 4 is 5.91 Å². The van der Waals surface area contributed by atoms with Crippen molar-refractivity contribution in [2.75, 3.05) is 0 Å². The maximum absolute atomic E-state index is 12.4. The summed E-state index contributed by atoms with van der Waals surface area (Å²) in [6.45, 7) is 3.32. The molecule has 1 radical (unpaired) electrons. The summed E-state index contributed by atoms with van der Waals surface area (Å²) in [6.07, 6.45) is -4.59. The van der Waals surface area contributed by atoms with Gasteiger partial charge in [-0.2, -0.15) is 13.2 Å². The van der Waals surface area contributed by atoms with Crippen molar-refractivity contribution in [1.82, 2.24) is 0 Å². The highest BCUT2D eigenvalue weighted by molar-refractivity contribution is 5.96. The van der Waals surface area contributed by atoms with Crippen LogP contribution in [-0.2, 0) is 6.18 Å². The number of rotatable bonds is 1. The Kier molecular flexibility index (Phi) is 2.51. The molecule has 0 aliphatic carbocycles. The minimum atomic E-state index is -4.59. The molecule has 5 heteroatoms. The first kappa shape index (κ1) is 10.6. The lowest BCUT2D eigenvalue weighted by molar-refractivity contribution is -0.137. The molecule has 1 aromatic carbocycles. The van der Waals surface area contributed by atoms with Gasteiger partial charge in [-0.05, 0) is 18.6 Å². The minimum Gasteiger partial charge on any atom is -0.366 e. The van der Waals surface area contributed by atoms with Crippen LogP contribution in [0.2, 0.25) is 0 Å². The predicted octanol–water partition coefficient (Wildman–Crippen LogP) is 1.99. The fraction of sp³-hybridized carbons (Fsp3) is 0.111. The molecule has 1 aromatic rings. The van der Waals surface area contributed by atoms with Crippen molar-refractivity contribution < 1.29 is 18.0 Å². The van der Waals surface area contributed by atoms with Gasteiger partial charge in [0.1, 0.15) is 0 Å². The summed E-state index contributed by atoms with van der Waals surface area (Å²) in [6, 6.07) is 3.28. The van der Waals surface area contributed by atoms with Crippen molar-refractivity contribution in [2.45, 2.75) is 6.18 Å². The van der Waals surface area contributed by atoms with E-state index in [1.807, 2.05) is 0 Å². The fourth-order valence-electron chi connectivity index (χ4n) is 1.13. The number of primary amides is 1. The zero-order chi connectivity index (χ0) is 10.9. The Morgan fingerprint density at radius 2 is 1.93 bits per heavy atom. The summed E-state index contributed by atoms with van der Waals surface area (Å²) in [5.41, 5.74) is 3.20. The lowest BCUT2D eigenvalue weighted by Crippen LogP contribution is -2.20. The highest BCUT2D eigenvalue weighted by Crippen LogP contribution is 2.32. The highest BCUT2D eigenvalue weighted by atomic mass is 19.4. The minimum absolute atomic E-state index is 0.0210. The molecule has 0 atom stereocenters. The molecule has 14 heavy (non-hydrogen) atoms. The highest BCUT2D eigenvalue weighted by Gasteiger charge is 2.35. The molecule has 2 N–H and O–H groups in total. The summed E-state index contributed by atoms with van der Waals surface area (Å²) >= 11 is 0. The molecular formula is C9H7F3NO. The Morgan fingerprint density at radius 1 is 1.36 bits per heavy atom. The van der Waals surface area contributed by atoms with Gasteiger partial charge >= 0.3 is 6.18 Å². The Morgan fingerprint density at radius 3 is 2.29 bits per heavy atom. The van der Waals surface area contributed by atoms with Crippen LogP contribution in [0.3, 0.4) is 0 Å². The SMILES string of the molecule is [CH2]c1cccc(C(F)(F)F)c1C(N)=O. The van der Waals surface area contributed by atoms with Gasteiger partial charge in [-0.25, -0.2) is 0 Å². The zero-order valence-corrected chi connectivity index (χ0v) is 7.06. The summed E-state index contributed by atoms with van der Waals surface area (Å²) in [4.78, 5) is 10.8. The normalized spacial score (nSPS) is 11.4. The van der Waals surface area contributed by atoms with Crippen LogP contribution >= 0.6 is 0 Å². The molecule has 0 saturated carbocycles. The second kappa shape index (κ2) is 3.32. The van der Waals surface area contributed by atoms with E-state index in [4.69, 9.17) is 5.73 Å². The lowest BCUT2D eigenvalue weighted by atomic mass is 10.0. The smallest absolute Gasteiger partial charge is 0.366 e. The molecule has 2 nitrogen and oxygen atoms in total. The number of carbonyl (C=O) groups excluding carboxylic acids is 1. The number of halogens is 3. The molecular weight excluding hydrogens is 195 g/mol. The number of hydrogen-bond donors (Lipinski definition) is 1. The fourth-order valence-corrected chi connectivity index (χ4v) is 1.13. The average molecular weight is 202 g/mol. The molecule has 0 spiro atoms. The molecule has 1 rings (SSSR count). The molecule has 0 heterocycles. The third-order valence-electron chi connectivity index (χ3n) is 1.70. The lowest BCUT2D eigenvalue weighted by Gasteiger charge is -2.12. The summed E-state index contributed by atoms with van der Waals surface area (Å²) in [5.74, 6) is -1.12. The van der Waals surface area contributed by atoms with Crippen molar-refractivity contribution in [3.05, 3.63) is 41.8 Å². The van der Waals surface area contributed by atoms with Crippen LogP contribution in [-0.4, -0.2) is 5.91 Å². The number of amides is 1. The summed E-state index contributed by atoms with van der Waals surface area (Å²) in [5, 5.41) is 0. The predicted molar refractivity (Wildman–Crippen MR) is 44.4 cm³/mol. The molecule has 0 aliphatic rings. The van der Waals surface area contributed by atoms with Crippen LogP contribution in [0.4, 0.5) is 13.2 Å². The number of carbonyl (C=O) groups is 1. The Bertz CT molecular complexity index is 371. The number of hydrogen-bond acceptors (Lipinski definition) is 1. The topological polar surface area (TPSA) is 43.1 Å². The maximum atomic E-state index is 12.4. The van der Waals surface area contributed by atoms with Crippen molar-refractivity contribution in [2.24, 2.45) is 5.73 Å². The van der Waals surface area contributed by atoms with Crippen LogP contribution < -0.4 is 5.73 Å². The monoisotopic (exact) mass is 202 g/mol. The van der Waals surface area contributed by atoms with E-state index in [0.29, 0.717) is 0 Å². The third kappa shape index (κ3) is 1.86. The zero-order valence-electron chi connectivity index (χ0n) is 7.06. The first-order chi connectivity index (χ1) is 6.34. The van der Waals surface area contributed by atoms with Gasteiger partial charge in [0.05, 0.1) is 11.1 Å². The Labute approximate surface area is 78.5 Å². The van der Waals surface area contributed by atoms with Gasteiger partial charge < -0.3 is 5.73 Å². The van der Waals surface area contributed by atoms with E-state index >= 15 is 0 Å². The first-order valence-electron chi connectivity index (χ1n) is 3.66. The van der Waals surface area contributed by atoms with Crippen molar-refractivity contribution in [3.8, 4) is 0 Å². The van der Waals surface area contributed by atoms with E-state index in [9.17, 15) is 18.0 Å². The first-order valence-corrected chi connectivity index (χ1v) is 3.66. The second-order valence-electron chi connectivity index (χ2n) is 2.70. The quantitative estimate of drug-likeness (QED) is 0.743. The van der Waals surface area contributed by atoms with Crippen LogP contribution in [0.5, 0.6) is 0 Å². The van der Waals surface area contributed by atoms with Crippen molar-refractivity contribution in [3.63, 3.8) is 0 Å².